The highest BCUT2D eigenvalue weighted by Gasteiger charge is 2.34. The molecule has 1 N–H and O–H groups in total. The van der Waals surface area contributed by atoms with Gasteiger partial charge in [0.2, 0.25) is 5.91 Å². The van der Waals surface area contributed by atoms with Crippen molar-refractivity contribution in [2.24, 2.45) is 0 Å². The summed E-state index contributed by atoms with van der Waals surface area (Å²) in [7, 11) is 0. The standard InChI is InChI=1S/C23H19F3N2O4/c24-23(25,26)16-7-5-8-17(15-16)32-14-4-3-12-27-20(29)11-6-13-28-21(30)18-9-1-2-10-19(18)22(28)31/h1-2,5,7-10,15H,6,11-14H2,(H,27,29). The number of halogens is 3. The number of ether oxygens (including phenoxy) is 1. The average molecular weight is 444 g/mol. The summed E-state index contributed by atoms with van der Waals surface area (Å²) in [6.07, 6.45) is -4.03. The predicted molar refractivity (Wildman–Crippen MR) is 109 cm³/mol. The van der Waals surface area contributed by atoms with Crippen LogP contribution in [0.3, 0.4) is 0 Å². The molecule has 6 nitrogen and oxygen atoms in total. The third-order valence-corrected chi connectivity index (χ3v) is 4.64. The lowest BCUT2D eigenvalue weighted by atomic mass is 10.1. The molecular weight excluding hydrogens is 425 g/mol. The highest BCUT2D eigenvalue weighted by atomic mass is 19.4. The van der Waals surface area contributed by atoms with Crippen LogP contribution < -0.4 is 10.1 Å². The maximum atomic E-state index is 12.6. The molecule has 9 heteroatoms. The van der Waals surface area contributed by atoms with Crippen LogP contribution in [-0.4, -0.2) is 42.3 Å². The summed E-state index contributed by atoms with van der Waals surface area (Å²) < 4.78 is 43.1. The van der Waals surface area contributed by atoms with Crippen LogP contribution in [0.25, 0.3) is 0 Å². The smallest absolute Gasteiger partial charge is 0.416 e. The molecule has 0 fully saturated rings. The number of nitrogens with one attached hydrogen (secondary N) is 1. The quantitative estimate of drug-likeness (QED) is 0.526. The molecule has 0 spiro atoms. The highest BCUT2D eigenvalue weighted by Crippen LogP contribution is 2.31. The topological polar surface area (TPSA) is 75.7 Å². The van der Waals surface area contributed by atoms with Crippen molar-refractivity contribution in [3.05, 3.63) is 65.2 Å². The third kappa shape index (κ3) is 5.66. The monoisotopic (exact) mass is 444 g/mol. The first-order valence-electron chi connectivity index (χ1n) is 9.75. The maximum absolute atomic E-state index is 12.6. The van der Waals surface area contributed by atoms with E-state index in [-0.39, 0.29) is 49.6 Å². The molecule has 0 bridgehead atoms. The molecule has 0 aliphatic carbocycles. The number of hydrogen-bond acceptors (Lipinski definition) is 4. The zero-order valence-electron chi connectivity index (χ0n) is 16.9. The van der Waals surface area contributed by atoms with E-state index in [1.54, 1.807) is 24.3 Å². The third-order valence-electron chi connectivity index (χ3n) is 4.64. The summed E-state index contributed by atoms with van der Waals surface area (Å²) in [5, 5.41) is 2.57. The lowest BCUT2D eigenvalue weighted by Gasteiger charge is -2.13. The van der Waals surface area contributed by atoms with Gasteiger partial charge in [0, 0.05) is 13.0 Å². The average Bonchev–Trinajstić information content (AvgIpc) is 3.01. The largest absolute Gasteiger partial charge is 0.481 e. The van der Waals surface area contributed by atoms with Gasteiger partial charge in [0.15, 0.2) is 0 Å². The van der Waals surface area contributed by atoms with Gasteiger partial charge in [-0.25, -0.2) is 0 Å². The van der Waals surface area contributed by atoms with E-state index in [0.29, 0.717) is 17.5 Å². The Balaban J connectivity index is 1.34. The molecule has 1 aliphatic rings. The van der Waals surface area contributed by atoms with Gasteiger partial charge in [0.25, 0.3) is 11.8 Å². The van der Waals surface area contributed by atoms with Gasteiger partial charge in [0.05, 0.1) is 23.2 Å². The minimum atomic E-state index is -4.45. The molecule has 0 atom stereocenters. The summed E-state index contributed by atoms with van der Waals surface area (Å²) in [6, 6.07) is 11.0. The van der Waals surface area contributed by atoms with Crippen molar-refractivity contribution in [1.82, 2.24) is 10.2 Å². The summed E-state index contributed by atoms with van der Waals surface area (Å²) in [4.78, 5) is 37.5. The van der Waals surface area contributed by atoms with Gasteiger partial charge < -0.3 is 10.1 Å². The van der Waals surface area contributed by atoms with Crippen LogP contribution >= 0.6 is 0 Å². The first-order valence-corrected chi connectivity index (χ1v) is 9.75. The molecule has 2 aromatic rings. The molecule has 3 rings (SSSR count). The Morgan fingerprint density at radius 2 is 1.69 bits per heavy atom. The first kappa shape index (κ1) is 22.9. The Labute approximate surface area is 182 Å². The maximum Gasteiger partial charge on any atom is 0.416 e. The number of fused-ring (bicyclic) bond motifs is 1. The van der Waals surface area contributed by atoms with Crippen molar-refractivity contribution in [2.75, 3.05) is 19.7 Å². The normalized spacial score (nSPS) is 12.8. The number of carbonyl (C=O) groups is 3. The van der Waals surface area contributed by atoms with Crippen molar-refractivity contribution >= 4 is 17.7 Å². The molecule has 0 saturated heterocycles. The van der Waals surface area contributed by atoms with E-state index in [1.807, 2.05) is 0 Å². The van der Waals surface area contributed by atoms with Crippen molar-refractivity contribution in [3.8, 4) is 17.6 Å². The second-order valence-electron chi connectivity index (χ2n) is 6.86. The number of rotatable bonds is 7. The minimum absolute atomic E-state index is 0.0395. The van der Waals surface area contributed by atoms with E-state index in [2.05, 4.69) is 17.2 Å². The minimum Gasteiger partial charge on any atom is -0.481 e. The molecule has 1 heterocycles. The van der Waals surface area contributed by atoms with Crippen LogP contribution in [0.5, 0.6) is 5.75 Å². The number of hydrogen-bond donors (Lipinski definition) is 1. The number of nitrogens with zero attached hydrogens (tertiary/aromatic N) is 1. The van der Waals surface area contributed by atoms with Crippen molar-refractivity contribution in [1.29, 1.82) is 0 Å². The lowest BCUT2D eigenvalue weighted by Crippen LogP contribution is -2.32. The summed E-state index contributed by atoms with van der Waals surface area (Å²) in [6.45, 7) is 0.0466. The van der Waals surface area contributed by atoms with Crippen LogP contribution in [0.4, 0.5) is 13.2 Å². The van der Waals surface area contributed by atoms with Gasteiger partial charge in [-0.1, -0.05) is 30.0 Å². The molecule has 3 amide bonds. The molecule has 0 saturated carbocycles. The van der Waals surface area contributed by atoms with Gasteiger partial charge in [-0.15, -0.1) is 0 Å². The molecule has 1 aliphatic heterocycles. The Kier molecular flexibility index (Phi) is 7.15. The van der Waals surface area contributed by atoms with Crippen LogP contribution in [0.15, 0.2) is 48.5 Å². The van der Waals surface area contributed by atoms with Crippen LogP contribution in [0, 0.1) is 11.8 Å². The fraction of sp³-hybridized carbons (Fsp3) is 0.261. The van der Waals surface area contributed by atoms with Gasteiger partial charge >= 0.3 is 6.18 Å². The van der Waals surface area contributed by atoms with E-state index in [4.69, 9.17) is 4.74 Å². The molecule has 166 valence electrons. The van der Waals surface area contributed by atoms with E-state index >= 15 is 0 Å². The molecule has 0 aromatic heterocycles. The van der Waals surface area contributed by atoms with Crippen LogP contribution in [0.2, 0.25) is 0 Å². The zero-order valence-corrected chi connectivity index (χ0v) is 16.9. The van der Waals surface area contributed by atoms with E-state index in [1.165, 1.54) is 12.1 Å². The summed E-state index contributed by atoms with van der Waals surface area (Å²) >= 11 is 0. The number of alkyl halides is 3. The highest BCUT2D eigenvalue weighted by molar-refractivity contribution is 6.21. The Morgan fingerprint density at radius 3 is 2.34 bits per heavy atom. The van der Waals surface area contributed by atoms with Crippen molar-refractivity contribution in [2.45, 2.75) is 19.0 Å². The van der Waals surface area contributed by atoms with Crippen LogP contribution in [-0.2, 0) is 11.0 Å². The number of amides is 3. The van der Waals surface area contributed by atoms with E-state index in [9.17, 15) is 27.6 Å². The number of imide groups is 1. The SMILES string of the molecule is O=C(CCCN1C(=O)c2ccccc2C1=O)NCC#CCOc1cccc(C(F)(F)F)c1. The zero-order chi connectivity index (χ0) is 23.1. The number of benzene rings is 2. The van der Waals surface area contributed by atoms with Crippen LogP contribution in [0.1, 0.15) is 39.1 Å². The Morgan fingerprint density at radius 1 is 1.00 bits per heavy atom. The second kappa shape index (κ2) is 10.0. The van der Waals surface area contributed by atoms with Crippen molar-refractivity contribution < 1.29 is 32.3 Å². The molecule has 32 heavy (non-hydrogen) atoms. The van der Waals surface area contributed by atoms with E-state index in [0.717, 1.165) is 17.0 Å². The molecule has 2 aromatic carbocycles. The van der Waals surface area contributed by atoms with Gasteiger partial charge in [-0.3, -0.25) is 19.3 Å². The van der Waals surface area contributed by atoms with E-state index < -0.39 is 11.7 Å². The predicted octanol–water partition coefficient (Wildman–Crippen LogP) is 3.28. The van der Waals surface area contributed by atoms with Gasteiger partial charge in [-0.05, 0) is 36.8 Å². The summed E-state index contributed by atoms with van der Waals surface area (Å²) in [5.74, 6) is 4.27. The summed E-state index contributed by atoms with van der Waals surface area (Å²) in [5.41, 5.74) is -0.0782. The molecule has 0 radical (unpaired) electrons. The molecule has 0 unspecified atom stereocenters. The van der Waals surface area contributed by atoms with Gasteiger partial charge in [-0.2, -0.15) is 13.2 Å². The molecular formula is C23H19F3N2O4. The fourth-order valence-corrected chi connectivity index (χ4v) is 3.07. The fourth-order valence-electron chi connectivity index (χ4n) is 3.07. The van der Waals surface area contributed by atoms with Crippen molar-refractivity contribution in [3.63, 3.8) is 0 Å². The Bertz CT molecular complexity index is 1050. The Hall–Kier alpha value is -3.80. The lowest BCUT2D eigenvalue weighted by molar-refractivity contribution is -0.137. The van der Waals surface area contributed by atoms with Gasteiger partial charge in [0.1, 0.15) is 12.4 Å². The number of carbonyl (C=O) groups excluding carboxylic acids is 3. The second-order valence-corrected chi connectivity index (χ2v) is 6.86. The first-order chi connectivity index (χ1) is 15.3.